The van der Waals surface area contributed by atoms with E-state index in [0.29, 0.717) is 21.3 Å². The first-order chi connectivity index (χ1) is 7.99. The maximum atomic E-state index is 12.2. The zero-order valence-electron chi connectivity index (χ0n) is 10.1. The van der Waals surface area contributed by atoms with Crippen molar-refractivity contribution in [3.63, 3.8) is 0 Å². The van der Waals surface area contributed by atoms with E-state index in [-0.39, 0.29) is 0 Å². The highest BCUT2D eigenvalue weighted by Gasteiger charge is 2.49. The summed E-state index contributed by atoms with van der Waals surface area (Å²) in [5.41, 5.74) is 0.575. The lowest BCUT2D eigenvalue weighted by molar-refractivity contribution is -0.0147. The van der Waals surface area contributed by atoms with Crippen LogP contribution in [0.5, 0.6) is 0 Å². The maximum absolute atomic E-state index is 12.2. The highest BCUT2D eigenvalue weighted by atomic mass is 32.2. The zero-order valence-corrected chi connectivity index (χ0v) is 11.7. The molecule has 0 saturated heterocycles. The lowest BCUT2D eigenvalue weighted by Gasteiger charge is -2.54. The van der Waals surface area contributed by atoms with Crippen molar-refractivity contribution in [3.8, 4) is 0 Å². The first-order valence-corrected chi connectivity index (χ1v) is 8.75. The third-order valence-corrected chi connectivity index (χ3v) is 7.80. The van der Waals surface area contributed by atoms with Gasteiger partial charge in [0.1, 0.15) is 4.21 Å². The van der Waals surface area contributed by atoms with E-state index in [9.17, 15) is 8.42 Å². The molecule has 0 unspecified atom stereocenters. The Kier molecular flexibility index (Phi) is 2.63. The Labute approximate surface area is 107 Å². The van der Waals surface area contributed by atoms with Crippen LogP contribution in [-0.4, -0.2) is 14.2 Å². The molecule has 1 spiro atoms. The minimum atomic E-state index is -3.02. The summed E-state index contributed by atoms with van der Waals surface area (Å²) in [6.45, 7) is 1.95. The highest BCUT2D eigenvalue weighted by molar-refractivity contribution is 7.93. The van der Waals surface area contributed by atoms with Crippen LogP contribution in [0.1, 0.15) is 37.0 Å². The van der Waals surface area contributed by atoms with Crippen LogP contribution in [-0.2, 0) is 9.84 Å². The number of thiophene rings is 1. The van der Waals surface area contributed by atoms with Crippen LogP contribution in [0.25, 0.3) is 0 Å². The van der Waals surface area contributed by atoms with Crippen LogP contribution in [0.2, 0.25) is 0 Å². The van der Waals surface area contributed by atoms with E-state index in [1.807, 2.05) is 13.0 Å². The number of hydrogen-bond donors (Lipinski definition) is 0. The summed E-state index contributed by atoms with van der Waals surface area (Å²) >= 11 is 1.40. The molecule has 17 heavy (non-hydrogen) atoms. The van der Waals surface area contributed by atoms with Crippen LogP contribution in [0.15, 0.2) is 16.3 Å². The number of hydrogen-bond acceptors (Lipinski definition) is 3. The molecule has 1 aromatic heterocycles. The Morgan fingerprint density at radius 3 is 2.53 bits per heavy atom. The highest BCUT2D eigenvalue weighted by Crippen LogP contribution is 2.59. The topological polar surface area (TPSA) is 34.1 Å². The summed E-state index contributed by atoms with van der Waals surface area (Å²) < 4.78 is 24.9. The Morgan fingerprint density at radius 1 is 1.35 bits per heavy atom. The van der Waals surface area contributed by atoms with Crippen molar-refractivity contribution in [2.24, 2.45) is 11.3 Å². The molecule has 0 radical (unpaired) electrons. The minimum absolute atomic E-state index is 0.370. The van der Waals surface area contributed by atoms with Crippen molar-refractivity contribution < 1.29 is 8.42 Å². The molecule has 2 aliphatic rings. The Morgan fingerprint density at radius 2 is 2.06 bits per heavy atom. The molecule has 94 valence electrons. The number of rotatable bonds is 3. The molecule has 2 aliphatic carbocycles. The average Bonchev–Trinajstić information content (AvgIpc) is 2.55. The molecular weight excluding hydrogens is 252 g/mol. The predicted molar refractivity (Wildman–Crippen MR) is 70.1 cm³/mol. The molecule has 0 atom stereocenters. The first kappa shape index (κ1) is 11.7. The SMILES string of the molecule is Cc1ccc(S(=O)(=O)CC2CC3(CCC3)C2)s1. The van der Waals surface area contributed by atoms with E-state index in [1.165, 1.54) is 30.6 Å². The largest absolute Gasteiger partial charge is 0.223 e. The summed E-state index contributed by atoms with van der Waals surface area (Å²) in [5, 5.41) is 0. The standard InChI is InChI=1S/C13H18O2S2/c1-10-3-4-12(16-10)17(14,15)9-11-7-13(8-11)5-2-6-13/h3-4,11H,2,5-9H2,1H3. The van der Waals surface area contributed by atoms with E-state index in [0.717, 1.165) is 17.7 Å². The molecule has 0 bridgehead atoms. The van der Waals surface area contributed by atoms with Crippen molar-refractivity contribution >= 4 is 21.2 Å². The fourth-order valence-corrected chi connectivity index (χ4v) is 6.33. The van der Waals surface area contributed by atoms with E-state index < -0.39 is 9.84 Å². The quantitative estimate of drug-likeness (QED) is 0.843. The third-order valence-electron chi connectivity index (χ3n) is 4.33. The molecule has 4 heteroatoms. The predicted octanol–water partition coefficient (Wildman–Crippen LogP) is 3.41. The Balaban J connectivity index is 1.65. The monoisotopic (exact) mass is 270 g/mol. The van der Waals surface area contributed by atoms with Crippen molar-refractivity contribution in [2.45, 2.75) is 43.2 Å². The molecule has 1 aromatic rings. The molecular formula is C13H18O2S2. The van der Waals surface area contributed by atoms with Crippen LogP contribution in [0, 0.1) is 18.3 Å². The summed E-state index contributed by atoms with van der Waals surface area (Å²) in [7, 11) is -3.02. The van der Waals surface area contributed by atoms with E-state index in [4.69, 9.17) is 0 Å². The lowest BCUT2D eigenvalue weighted by atomic mass is 9.52. The minimum Gasteiger partial charge on any atom is -0.223 e. The summed E-state index contributed by atoms with van der Waals surface area (Å²) in [6.07, 6.45) is 6.32. The molecule has 2 nitrogen and oxygen atoms in total. The van der Waals surface area contributed by atoms with Crippen molar-refractivity contribution in [1.82, 2.24) is 0 Å². The van der Waals surface area contributed by atoms with Gasteiger partial charge in [-0.3, -0.25) is 0 Å². The second kappa shape index (κ2) is 3.82. The molecule has 0 amide bonds. The van der Waals surface area contributed by atoms with Crippen molar-refractivity contribution in [2.75, 3.05) is 5.75 Å². The summed E-state index contributed by atoms with van der Waals surface area (Å²) in [4.78, 5) is 1.08. The van der Waals surface area contributed by atoms with Gasteiger partial charge in [-0.05, 0) is 56.1 Å². The number of aryl methyl sites for hydroxylation is 1. The van der Waals surface area contributed by atoms with E-state index >= 15 is 0 Å². The van der Waals surface area contributed by atoms with E-state index in [2.05, 4.69) is 0 Å². The summed E-state index contributed by atoms with van der Waals surface area (Å²) in [5.74, 6) is 0.789. The van der Waals surface area contributed by atoms with Crippen LogP contribution in [0.3, 0.4) is 0 Å². The average molecular weight is 270 g/mol. The van der Waals surface area contributed by atoms with Gasteiger partial charge in [0, 0.05) is 4.88 Å². The Hall–Kier alpha value is -0.350. The van der Waals surface area contributed by atoms with Gasteiger partial charge in [0.25, 0.3) is 0 Å². The van der Waals surface area contributed by atoms with Gasteiger partial charge in [0.2, 0.25) is 0 Å². The Bertz CT molecular complexity index is 515. The molecule has 0 aromatic carbocycles. The second-order valence-electron chi connectivity index (χ2n) is 5.77. The smallest absolute Gasteiger partial charge is 0.188 e. The molecule has 2 fully saturated rings. The molecule has 2 saturated carbocycles. The third kappa shape index (κ3) is 2.06. The fraction of sp³-hybridized carbons (Fsp3) is 0.692. The van der Waals surface area contributed by atoms with Crippen LogP contribution < -0.4 is 0 Å². The molecule has 3 rings (SSSR count). The molecule has 0 aliphatic heterocycles. The van der Waals surface area contributed by atoms with Crippen molar-refractivity contribution in [1.29, 1.82) is 0 Å². The van der Waals surface area contributed by atoms with Gasteiger partial charge in [0.05, 0.1) is 5.75 Å². The fourth-order valence-electron chi connectivity index (χ4n) is 3.34. The van der Waals surface area contributed by atoms with Gasteiger partial charge in [-0.25, -0.2) is 8.42 Å². The maximum Gasteiger partial charge on any atom is 0.188 e. The molecule has 0 N–H and O–H groups in total. The van der Waals surface area contributed by atoms with Gasteiger partial charge in [-0.1, -0.05) is 6.42 Å². The second-order valence-corrected chi connectivity index (χ2v) is 9.32. The number of sulfone groups is 1. The normalized spacial score (nSPS) is 23.4. The van der Waals surface area contributed by atoms with E-state index in [1.54, 1.807) is 6.07 Å². The zero-order chi connectivity index (χ0) is 12.1. The summed E-state index contributed by atoms with van der Waals surface area (Å²) in [6, 6.07) is 3.65. The van der Waals surface area contributed by atoms with Crippen molar-refractivity contribution in [3.05, 3.63) is 17.0 Å². The van der Waals surface area contributed by atoms with Crippen LogP contribution >= 0.6 is 11.3 Å². The van der Waals surface area contributed by atoms with Gasteiger partial charge in [-0.2, -0.15) is 0 Å². The van der Waals surface area contributed by atoms with Gasteiger partial charge in [-0.15, -0.1) is 11.3 Å². The first-order valence-electron chi connectivity index (χ1n) is 6.28. The van der Waals surface area contributed by atoms with Crippen LogP contribution in [0.4, 0.5) is 0 Å². The lowest BCUT2D eigenvalue weighted by Crippen LogP contribution is -2.44. The van der Waals surface area contributed by atoms with Gasteiger partial charge >= 0.3 is 0 Å². The van der Waals surface area contributed by atoms with Gasteiger partial charge in [0.15, 0.2) is 9.84 Å². The van der Waals surface area contributed by atoms with Gasteiger partial charge < -0.3 is 0 Å². The molecule has 1 heterocycles.